The average molecular weight is 291 g/mol. The number of benzene rings is 2. The number of hydrogen-bond acceptors (Lipinski definition) is 4. The largest absolute Gasteiger partial charge is 0.399 e. The monoisotopic (exact) mass is 291 g/mol. The molecule has 0 aliphatic heterocycles. The zero-order valence-electron chi connectivity index (χ0n) is 11.6. The topological polar surface area (TPSA) is 82.0 Å². The van der Waals surface area contributed by atoms with E-state index in [2.05, 4.69) is 4.98 Å². The van der Waals surface area contributed by atoms with Crippen LogP contribution in [0.3, 0.4) is 0 Å². The zero-order valence-corrected chi connectivity index (χ0v) is 11.6. The number of fused-ring (bicyclic) bond motifs is 1. The fraction of sp³-hybridized carbons (Fsp3) is 0. The summed E-state index contributed by atoms with van der Waals surface area (Å²) in [6.07, 6.45) is 5.29. The standard InChI is InChI=1S/C17H13N3O2/c18-14-8-7-13(17(11-14)20(21)22)6-5-12-9-10-19-16-4-2-1-3-15(12)16/h1-11H,18H2. The molecule has 1 aromatic heterocycles. The summed E-state index contributed by atoms with van der Waals surface area (Å²) in [6, 6.07) is 14.3. The Morgan fingerprint density at radius 3 is 2.64 bits per heavy atom. The molecule has 0 saturated carbocycles. The maximum atomic E-state index is 11.1. The van der Waals surface area contributed by atoms with Gasteiger partial charge in [0, 0.05) is 23.3 Å². The highest BCUT2D eigenvalue weighted by Crippen LogP contribution is 2.25. The molecule has 0 saturated heterocycles. The van der Waals surface area contributed by atoms with E-state index in [1.807, 2.05) is 36.4 Å². The fourth-order valence-electron chi connectivity index (χ4n) is 2.30. The van der Waals surface area contributed by atoms with Crippen molar-refractivity contribution in [3.05, 3.63) is 76.0 Å². The van der Waals surface area contributed by atoms with Gasteiger partial charge in [-0.1, -0.05) is 24.3 Å². The molecule has 108 valence electrons. The van der Waals surface area contributed by atoms with Crippen molar-refractivity contribution in [3.8, 4) is 0 Å². The van der Waals surface area contributed by atoms with Gasteiger partial charge in [-0.05, 0) is 35.9 Å². The lowest BCUT2D eigenvalue weighted by Gasteiger charge is -2.02. The van der Waals surface area contributed by atoms with Crippen molar-refractivity contribution in [3.63, 3.8) is 0 Å². The Labute approximate surface area is 126 Å². The van der Waals surface area contributed by atoms with Crippen LogP contribution in [0.15, 0.2) is 54.7 Å². The molecule has 3 rings (SSSR count). The molecule has 0 fully saturated rings. The van der Waals surface area contributed by atoms with Crippen molar-refractivity contribution in [2.75, 3.05) is 5.73 Å². The van der Waals surface area contributed by atoms with E-state index in [1.54, 1.807) is 24.4 Å². The lowest BCUT2D eigenvalue weighted by molar-refractivity contribution is -0.385. The molecule has 0 radical (unpaired) electrons. The molecule has 5 heteroatoms. The molecule has 5 nitrogen and oxygen atoms in total. The third-order valence-corrected chi connectivity index (χ3v) is 3.38. The predicted molar refractivity (Wildman–Crippen MR) is 88.2 cm³/mol. The number of nitrogens with zero attached hydrogens (tertiary/aromatic N) is 2. The van der Waals surface area contributed by atoms with Gasteiger partial charge in [-0.25, -0.2) is 0 Å². The van der Waals surface area contributed by atoms with Crippen LogP contribution < -0.4 is 5.73 Å². The molecule has 0 aliphatic carbocycles. The average Bonchev–Trinajstić information content (AvgIpc) is 2.53. The van der Waals surface area contributed by atoms with Gasteiger partial charge in [0.15, 0.2) is 0 Å². The Kier molecular flexibility index (Phi) is 3.53. The van der Waals surface area contributed by atoms with E-state index in [4.69, 9.17) is 5.73 Å². The Hall–Kier alpha value is -3.21. The molecule has 0 spiro atoms. The van der Waals surface area contributed by atoms with E-state index >= 15 is 0 Å². The number of rotatable bonds is 3. The van der Waals surface area contributed by atoms with Gasteiger partial charge in [-0.3, -0.25) is 15.1 Å². The smallest absolute Gasteiger partial charge is 0.278 e. The van der Waals surface area contributed by atoms with E-state index in [1.165, 1.54) is 6.07 Å². The van der Waals surface area contributed by atoms with Crippen LogP contribution in [0, 0.1) is 10.1 Å². The number of anilines is 1. The number of para-hydroxylation sites is 1. The summed E-state index contributed by atoms with van der Waals surface area (Å²) in [5.74, 6) is 0. The SMILES string of the molecule is Nc1ccc(C=Cc2ccnc3ccccc23)c([N+](=O)[O-])c1. The lowest BCUT2D eigenvalue weighted by atomic mass is 10.1. The van der Waals surface area contributed by atoms with Crippen molar-refractivity contribution in [2.24, 2.45) is 0 Å². The Bertz CT molecular complexity index is 883. The summed E-state index contributed by atoms with van der Waals surface area (Å²) in [5.41, 5.74) is 8.33. The third-order valence-electron chi connectivity index (χ3n) is 3.38. The second-order valence-corrected chi connectivity index (χ2v) is 4.83. The van der Waals surface area contributed by atoms with Crippen LogP contribution in [0.2, 0.25) is 0 Å². The van der Waals surface area contributed by atoms with Gasteiger partial charge in [0.2, 0.25) is 0 Å². The molecule has 0 bridgehead atoms. The maximum absolute atomic E-state index is 11.1. The first-order chi connectivity index (χ1) is 10.6. The Balaban J connectivity index is 2.06. The van der Waals surface area contributed by atoms with Crippen molar-refractivity contribution in [1.29, 1.82) is 0 Å². The second-order valence-electron chi connectivity index (χ2n) is 4.83. The van der Waals surface area contributed by atoms with Gasteiger partial charge >= 0.3 is 0 Å². The summed E-state index contributed by atoms with van der Waals surface area (Å²) >= 11 is 0. The number of nitro benzene ring substituents is 1. The minimum Gasteiger partial charge on any atom is -0.399 e. The molecule has 22 heavy (non-hydrogen) atoms. The van der Waals surface area contributed by atoms with Crippen molar-refractivity contribution in [1.82, 2.24) is 4.98 Å². The first-order valence-electron chi connectivity index (χ1n) is 6.71. The summed E-state index contributed by atoms with van der Waals surface area (Å²) in [5, 5.41) is 12.1. The van der Waals surface area contributed by atoms with Gasteiger partial charge in [0.25, 0.3) is 5.69 Å². The van der Waals surface area contributed by atoms with Gasteiger partial charge in [-0.2, -0.15) is 0 Å². The number of nitro groups is 1. The van der Waals surface area contributed by atoms with E-state index in [9.17, 15) is 10.1 Å². The summed E-state index contributed by atoms with van der Waals surface area (Å²) in [7, 11) is 0. The normalized spacial score (nSPS) is 11.1. The van der Waals surface area contributed by atoms with Crippen LogP contribution in [0.5, 0.6) is 0 Å². The van der Waals surface area contributed by atoms with Crippen LogP contribution in [-0.2, 0) is 0 Å². The summed E-state index contributed by atoms with van der Waals surface area (Å²) in [6.45, 7) is 0. The highest BCUT2D eigenvalue weighted by Gasteiger charge is 2.11. The number of hydrogen-bond donors (Lipinski definition) is 1. The van der Waals surface area contributed by atoms with Gasteiger partial charge in [0.05, 0.1) is 16.0 Å². The number of pyridine rings is 1. The molecule has 0 unspecified atom stereocenters. The molecule has 2 aromatic carbocycles. The lowest BCUT2D eigenvalue weighted by Crippen LogP contribution is -1.94. The van der Waals surface area contributed by atoms with Crippen molar-refractivity contribution in [2.45, 2.75) is 0 Å². The van der Waals surface area contributed by atoms with Crippen LogP contribution in [0.1, 0.15) is 11.1 Å². The minimum absolute atomic E-state index is 0.00499. The maximum Gasteiger partial charge on any atom is 0.278 e. The highest BCUT2D eigenvalue weighted by atomic mass is 16.6. The van der Waals surface area contributed by atoms with Crippen LogP contribution >= 0.6 is 0 Å². The van der Waals surface area contributed by atoms with E-state index in [0.29, 0.717) is 11.3 Å². The second kappa shape index (κ2) is 5.65. The molecule has 0 amide bonds. The zero-order chi connectivity index (χ0) is 15.5. The Morgan fingerprint density at radius 2 is 1.82 bits per heavy atom. The third kappa shape index (κ3) is 2.64. The van der Waals surface area contributed by atoms with E-state index in [-0.39, 0.29) is 5.69 Å². The number of aromatic nitrogens is 1. The van der Waals surface area contributed by atoms with Gasteiger partial charge in [0.1, 0.15) is 0 Å². The first kappa shape index (κ1) is 13.8. The van der Waals surface area contributed by atoms with Crippen LogP contribution in [0.25, 0.3) is 23.1 Å². The first-order valence-corrected chi connectivity index (χ1v) is 6.71. The van der Waals surface area contributed by atoms with Crippen molar-refractivity contribution >= 4 is 34.4 Å². The quantitative estimate of drug-likeness (QED) is 0.451. The molecular weight excluding hydrogens is 278 g/mol. The molecule has 1 heterocycles. The van der Waals surface area contributed by atoms with Crippen LogP contribution in [0.4, 0.5) is 11.4 Å². The highest BCUT2D eigenvalue weighted by molar-refractivity contribution is 5.91. The molecule has 2 N–H and O–H groups in total. The van der Waals surface area contributed by atoms with Gasteiger partial charge < -0.3 is 5.73 Å². The number of nitrogens with two attached hydrogens (primary N) is 1. The van der Waals surface area contributed by atoms with E-state index in [0.717, 1.165) is 16.5 Å². The van der Waals surface area contributed by atoms with Crippen molar-refractivity contribution < 1.29 is 4.92 Å². The van der Waals surface area contributed by atoms with Crippen LogP contribution in [-0.4, -0.2) is 9.91 Å². The van der Waals surface area contributed by atoms with E-state index < -0.39 is 4.92 Å². The molecular formula is C17H13N3O2. The fourth-order valence-corrected chi connectivity index (χ4v) is 2.30. The minimum atomic E-state index is -0.430. The number of nitrogen functional groups attached to an aromatic ring is 1. The predicted octanol–water partition coefficient (Wildman–Crippen LogP) is 3.90. The Morgan fingerprint density at radius 1 is 1.05 bits per heavy atom. The summed E-state index contributed by atoms with van der Waals surface area (Å²) in [4.78, 5) is 15.0. The molecule has 0 atom stereocenters. The summed E-state index contributed by atoms with van der Waals surface area (Å²) < 4.78 is 0. The van der Waals surface area contributed by atoms with Gasteiger partial charge in [-0.15, -0.1) is 0 Å². The molecule has 3 aromatic rings. The molecule has 0 aliphatic rings.